The first-order valence-electron chi connectivity index (χ1n) is 6.67. The second-order valence-electron chi connectivity index (χ2n) is 4.98. The number of nitro benzene ring substituents is 1. The summed E-state index contributed by atoms with van der Waals surface area (Å²) in [5.41, 5.74) is 1.62. The number of rotatable bonds is 3. The standard InChI is InChI=1S/C14H13N3O4/c18-13(9-5-7-10(8-6-9)17(20)21)14-15-11-3-1-2-4-12(11)16(14)19/h5-8,19H,1-4H2. The minimum atomic E-state index is -0.528. The molecule has 1 N–H and O–H groups in total. The van der Waals surface area contributed by atoms with Gasteiger partial charge in [0.2, 0.25) is 11.6 Å². The lowest BCUT2D eigenvalue weighted by Crippen LogP contribution is -2.12. The fourth-order valence-electron chi connectivity index (χ4n) is 2.54. The Morgan fingerprint density at radius 2 is 1.90 bits per heavy atom. The molecule has 0 fully saturated rings. The Morgan fingerprint density at radius 3 is 2.52 bits per heavy atom. The average molecular weight is 287 g/mol. The van der Waals surface area contributed by atoms with Crippen LogP contribution in [0.5, 0.6) is 0 Å². The number of aryl methyl sites for hydroxylation is 1. The van der Waals surface area contributed by atoms with Gasteiger partial charge in [-0.3, -0.25) is 14.9 Å². The Hall–Kier alpha value is -2.70. The van der Waals surface area contributed by atoms with Crippen LogP contribution in [0.4, 0.5) is 5.69 Å². The highest BCUT2D eigenvalue weighted by molar-refractivity contribution is 6.06. The summed E-state index contributed by atoms with van der Waals surface area (Å²) in [5, 5.41) is 20.7. The van der Waals surface area contributed by atoms with E-state index in [1.54, 1.807) is 0 Å². The van der Waals surface area contributed by atoms with E-state index in [-0.39, 0.29) is 17.1 Å². The molecule has 1 heterocycles. The summed E-state index contributed by atoms with van der Waals surface area (Å²) in [7, 11) is 0. The van der Waals surface area contributed by atoms with E-state index in [1.165, 1.54) is 24.3 Å². The molecule has 1 aliphatic rings. The van der Waals surface area contributed by atoms with Crippen molar-refractivity contribution < 1.29 is 14.9 Å². The minimum absolute atomic E-state index is 0.0317. The van der Waals surface area contributed by atoms with Crippen molar-refractivity contribution in [2.45, 2.75) is 25.7 Å². The van der Waals surface area contributed by atoms with Crippen molar-refractivity contribution in [1.82, 2.24) is 9.71 Å². The van der Waals surface area contributed by atoms with Crippen LogP contribution in [0.3, 0.4) is 0 Å². The highest BCUT2D eigenvalue weighted by Gasteiger charge is 2.24. The van der Waals surface area contributed by atoms with Crippen LogP contribution in [0.2, 0.25) is 0 Å². The van der Waals surface area contributed by atoms with Gasteiger partial charge in [0.25, 0.3) is 5.69 Å². The largest absolute Gasteiger partial charge is 0.426 e. The van der Waals surface area contributed by atoms with Crippen molar-refractivity contribution in [2.24, 2.45) is 0 Å². The smallest absolute Gasteiger partial charge is 0.269 e. The molecule has 21 heavy (non-hydrogen) atoms. The van der Waals surface area contributed by atoms with Crippen molar-refractivity contribution in [1.29, 1.82) is 0 Å². The predicted molar refractivity (Wildman–Crippen MR) is 72.6 cm³/mol. The highest BCUT2D eigenvalue weighted by Crippen LogP contribution is 2.23. The molecule has 108 valence electrons. The van der Waals surface area contributed by atoms with Crippen LogP contribution in [-0.4, -0.2) is 25.6 Å². The van der Waals surface area contributed by atoms with Crippen molar-refractivity contribution in [3.05, 3.63) is 57.2 Å². The number of benzene rings is 1. The van der Waals surface area contributed by atoms with E-state index in [4.69, 9.17) is 0 Å². The van der Waals surface area contributed by atoms with Gasteiger partial charge in [-0.15, -0.1) is 0 Å². The summed E-state index contributed by atoms with van der Waals surface area (Å²) < 4.78 is 0.859. The number of imidazole rings is 1. The first-order chi connectivity index (χ1) is 10.1. The van der Waals surface area contributed by atoms with Gasteiger partial charge in [0.1, 0.15) is 0 Å². The van der Waals surface area contributed by atoms with Crippen LogP contribution < -0.4 is 0 Å². The molecular formula is C14H13N3O4. The maximum atomic E-state index is 12.4. The number of carbonyl (C=O) groups excluding carboxylic acids is 1. The molecule has 0 atom stereocenters. The van der Waals surface area contributed by atoms with E-state index in [1.807, 2.05) is 0 Å². The third-order valence-corrected chi connectivity index (χ3v) is 3.65. The summed E-state index contributed by atoms with van der Waals surface area (Å²) in [5.74, 6) is -0.474. The topological polar surface area (TPSA) is 98.3 Å². The van der Waals surface area contributed by atoms with Crippen LogP contribution in [0.1, 0.15) is 40.4 Å². The quantitative estimate of drug-likeness (QED) is 0.403. The molecule has 2 aromatic rings. The normalized spacial score (nSPS) is 13.7. The molecule has 0 aliphatic heterocycles. The van der Waals surface area contributed by atoms with Crippen molar-refractivity contribution in [3.8, 4) is 0 Å². The zero-order chi connectivity index (χ0) is 15.0. The Bertz CT molecular complexity index is 719. The second-order valence-corrected chi connectivity index (χ2v) is 4.98. The molecular weight excluding hydrogens is 274 g/mol. The first-order valence-corrected chi connectivity index (χ1v) is 6.67. The monoisotopic (exact) mass is 287 g/mol. The number of fused-ring (bicyclic) bond motifs is 1. The lowest BCUT2D eigenvalue weighted by atomic mass is 10.0. The van der Waals surface area contributed by atoms with E-state index < -0.39 is 10.7 Å². The molecule has 1 aliphatic carbocycles. The van der Waals surface area contributed by atoms with Crippen LogP contribution >= 0.6 is 0 Å². The Labute approximate surface area is 120 Å². The second kappa shape index (κ2) is 5.01. The van der Waals surface area contributed by atoms with Crippen LogP contribution in [0.15, 0.2) is 24.3 Å². The summed E-state index contributed by atoms with van der Waals surface area (Å²) >= 11 is 0. The van der Waals surface area contributed by atoms with E-state index in [0.29, 0.717) is 12.1 Å². The van der Waals surface area contributed by atoms with Crippen LogP contribution in [0, 0.1) is 10.1 Å². The van der Waals surface area contributed by atoms with Crippen molar-refractivity contribution in [2.75, 3.05) is 0 Å². The molecule has 0 saturated carbocycles. The molecule has 0 amide bonds. The van der Waals surface area contributed by atoms with Gasteiger partial charge in [0, 0.05) is 17.7 Å². The fraction of sp³-hybridized carbons (Fsp3) is 0.286. The highest BCUT2D eigenvalue weighted by atomic mass is 16.6. The summed E-state index contributed by atoms with van der Waals surface area (Å²) in [6.07, 6.45) is 3.41. The maximum Gasteiger partial charge on any atom is 0.269 e. The molecule has 7 nitrogen and oxygen atoms in total. The van der Waals surface area contributed by atoms with Gasteiger partial charge < -0.3 is 5.21 Å². The molecule has 0 unspecified atom stereocenters. The number of hydrogen-bond acceptors (Lipinski definition) is 5. The van der Waals surface area contributed by atoms with Gasteiger partial charge in [-0.25, -0.2) is 4.98 Å². The lowest BCUT2D eigenvalue weighted by molar-refractivity contribution is -0.384. The summed E-state index contributed by atoms with van der Waals surface area (Å²) in [4.78, 5) is 26.6. The molecule has 3 rings (SSSR count). The molecule has 0 radical (unpaired) electrons. The summed E-state index contributed by atoms with van der Waals surface area (Å²) in [6.45, 7) is 0. The molecule has 0 saturated heterocycles. The third kappa shape index (κ3) is 2.26. The van der Waals surface area contributed by atoms with Crippen molar-refractivity contribution in [3.63, 3.8) is 0 Å². The SMILES string of the molecule is O=C(c1ccc([N+](=O)[O-])cc1)c1nc2c(n1O)CCCC2. The van der Waals surface area contributed by atoms with Gasteiger partial charge in [-0.1, -0.05) is 0 Å². The zero-order valence-electron chi connectivity index (χ0n) is 11.2. The van der Waals surface area contributed by atoms with Crippen LogP contribution in [0.25, 0.3) is 0 Å². The fourth-order valence-corrected chi connectivity index (χ4v) is 2.54. The molecule has 0 spiro atoms. The number of hydrogen-bond donors (Lipinski definition) is 1. The zero-order valence-corrected chi connectivity index (χ0v) is 11.2. The minimum Gasteiger partial charge on any atom is -0.426 e. The first kappa shape index (κ1) is 13.3. The number of non-ortho nitro benzene ring substituents is 1. The van der Waals surface area contributed by atoms with Gasteiger partial charge in [-0.05, 0) is 37.8 Å². The van der Waals surface area contributed by atoms with Crippen LogP contribution in [-0.2, 0) is 12.8 Å². The molecule has 1 aromatic carbocycles. The Balaban J connectivity index is 1.95. The van der Waals surface area contributed by atoms with Gasteiger partial charge in [-0.2, -0.15) is 4.73 Å². The predicted octanol–water partition coefficient (Wildman–Crippen LogP) is 2.14. The van der Waals surface area contributed by atoms with E-state index in [0.717, 1.165) is 29.7 Å². The van der Waals surface area contributed by atoms with E-state index in [2.05, 4.69) is 4.98 Å². The maximum absolute atomic E-state index is 12.4. The molecule has 1 aromatic heterocycles. The molecule has 0 bridgehead atoms. The number of nitro groups is 1. The Kier molecular flexibility index (Phi) is 3.17. The number of carbonyl (C=O) groups is 1. The van der Waals surface area contributed by atoms with Crippen molar-refractivity contribution >= 4 is 11.5 Å². The number of aromatic nitrogens is 2. The molecule has 7 heteroatoms. The van der Waals surface area contributed by atoms with Gasteiger partial charge in [0.05, 0.1) is 16.3 Å². The Morgan fingerprint density at radius 1 is 1.24 bits per heavy atom. The average Bonchev–Trinajstić information content (AvgIpc) is 2.84. The van der Waals surface area contributed by atoms with Gasteiger partial charge >= 0.3 is 0 Å². The lowest BCUT2D eigenvalue weighted by Gasteiger charge is -2.09. The summed E-state index contributed by atoms with van der Waals surface area (Å²) in [6, 6.07) is 5.26. The van der Waals surface area contributed by atoms with E-state index >= 15 is 0 Å². The third-order valence-electron chi connectivity index (χ3n) is 3.65. The number of nitrogens with zero attached hydrogens (tertiary/aromatic N) is 3. The van der Waals surface area contributed by atoms with Gasteiger partial charge in [0.15, 0.2) is 0 Å². The van der Waals surface area contributed by atoms with E-state index in [9.17, 15) is 20.1 Å². The number of ketones is 1.